The highest BCUT2D eigenvalue weighted by Crippen LogP contribution is 2.16. The molecule has 1 aromatic carbocycles. The lowest BCUT2D eigenvalue weighted by Crippen LogP contribution is -2.54. The van der Waals surface area contributed by atoms with Crippen molar-refractivity contribution in [1.82, 2.24) is 4.98 Å². The first-order valence-corrected chi connectivity index (χ1v) is 14.5. The molecule has 6 heteroatoms. The van der Waals surface area contributed by atoms with E-state index in [1.807, 2.05) is 43.9 Å². The number of hydrogen-bond donors (Lipinski definition) is 1. The van der Waals surface area contributed by atoms with Crippen LogP contribution in [0.25, 0.3) is 0 Å². The molecule has 0 aromatic heterocycles. The van der Waals surface area contributed by atoms with Crippen LogP contribution in [0.2, 0.25) is 39.3 Å². The van der Waals surface area contributed by atoms with Crippen LogP contribution >= 0.6 is 0 Å². The molecule has 124 valence electrons. The number of methoxy groups -OCH3 is 1. The summed E-state index contributed by atoms with van der Waals surface area (Å²) < 4.78 is 11.0. The molecule has 1 atom stereocenters. The van der Waals surface area contributed by atoms with Gasteiger partial charge in [0.05, 0.1) is 7.11 Å². The van der Waals surface area contributed by atoms with E-state index in [1.54, 1.807) is 7.11 Å². The molecule has 22 heavy (non-hydrogen) atoms. The number of carbonyl (C=O) groups is 1. The molecule has 4 nitrogen and oxygen atoms in total. The second-order valence-corrected chi connectivity index (χ2v) is 16.8. The zero-order valence-corrected chi connectivity index (χ0v) is 16.8. The van der Waals surface area contributed by atoms with Crippen molar-refractivity contribution in [2.45, 2.75) is 51.7 Å². The quantitative estimate of drug-likeness (QED) is 0.773. The molecule has 0 fully saturated rings. The van der Waals surface area contributed by atoms with Crippen molar-refractivity contribution in [2.24, 2.45) is 0 Å². The van der Waals surface area contributed by atoms with Crippen molar-refractivity contribution in [3.05, 3.63) is 29.8 Å². The van der Waals surface area contributed by atoms with Gasteiger partial charge in [0.25, 0.3) is 0 Å². The Bertz CT molecular complexity index is 507. The fourth-order valence-electron chi connectivity index (χ4n) is 2.12. The van der Waals surface area contributed by atoms with Gasteiger partial charge in [-0.25, -0.2) is 0 Å². The van der Waals surface area contributed by atoms with Gasteiger partial charge < -0.3 is 14.1 Å². The second-order valence-electron chi connectivity index (χ2n) is 7.54. The summed E-state index contributed by atoms with van der Waals surface area (Å²) >= 11 is 0. The second kappa shape index (κ2) is 7.43. The Hall–Kier alpha value is -1.12. The number of benzene rings is 1. The molecular weight excluding hydrogens is 310 g/mol. The van der Waals surface area contributed by atoms with Crippen molar-refractivity contribution >= 4 is 22.5 Å². The van der Waals surface area contributed by atoms with Crippen LogP contribution in [0.15, 0.2) is 24.3 Å². The zero-order valence-electron chi connectivity index (χ0n) is 14.8. The minimum Gasteiger partial charge on any atom is -0.519 e. The van der Waals surface area contributed by atoms with Gasteiger partial charge in [-0.15, -0.1) is 0 Å². The Morgan fingerprint density at radius 3 is 2.32 bits per heavy atom. The summed E-state index contributed by atoms with van der Waals surface area (Å²) in [5.41, 5.74) is 1.07. The largest absolute Gasteiger partial charge is 0.519 e. The molecule has 1 N–H and O–H groups in total. The summed E-state index contributed by atoms with van der Waals surface area (Å²) in [4.78, 5) is 16.0. The molecular formula is C16H29NO3Si2. The standard InChI is InChI=1S/C16H29NO3Si2/c1-19-14-10-8-9-13(11-14)12-15(17-21(2,3)4)16(18)20-22(5,6)7/h8-11,15,17H,12H2,1-7H3. The summed E-state index contributed by atoms with van der Waals surface area (Å²) in [6.07, 6.45) is 0.616. The topological polar surface area (TPSA) is 47.6 Å². The lowest BCUT2D eigenvalue weighted by atomic mass is 10.1. The lowest BCUT2D eigenvalue weighted by molar-refractivity contribution is -0.137. The average molecular weight is 340 g/mol. The molecule has 0 saturated heterocycles. The third-order valence-electron chi connectivity index (χ3n) is 2.87. The van der Waals surface area contributed by atoms with Crippen LogP contribution in [0.3, 0.4) is 0 Å². The van der Waals surface area contributed by atoms with E-state index in [9.17, 15) is 4.79 Å². The van der Waals surface area contributed by atoms with Crippen molar-refractivity contribution in [2.75, 3.05) is 7.11 Å². The predicted molar refractivity (Wildman–Crippen MR) is 96.4 cm³/mol. The van der Waals surface area contributed by atoms with Crippen molar-refractivity contribution in [3.63, 3.8) is 0 Å². The molecule has 1 unspecified atom stereocenters. The van der Waals surface area contributed by atoms with Gasteiger partial charge in [0, 0.05) is 0 Å². The molecule has 0 amide bonds. The highest BCUT2D eigenvalue weighted by molar-refractivity contribution is 6.74. The molecule has 1 rings (SSSR count). The van der Waals surface area contributed by atoms with Crippen LogP contribution in [0, 0.1) is 0 Å². The van der Waals surface area contributed by atoms with Crippen LogP contribution in [0.4, 0.5) is 0 Å². The highest BCUT2D eigenvalue weighted by atomic mass is 28.4. The maximum atomic E-state index is 12.5. The highest BCUT2D eigenvalue weighted by Gasteiger charge is 2.30. The van der Waals surface area contributed by atoms with Gasteiger partial charge in [0.2, 0.25) is 8.32 Å². The molecule has 0 aliphatic carbocycles. The fourth-order valence-corrected chi connectivity index (χ4v) is 4.14. The average Bonchev–Trinajstić information content (AvgIpc) is 2.34. The van der Waals surface area contributed by atoms with Crippen molar-refractivity contribution in [1.29, 1.82) is 0 Å². The number of carbonyl (C=O) groups excluding carboxylic acids is 1. The Morgan fingerprint density at radius 2 is 1.82 bits per heavy atom. The van der Waals surface area contributed by atoms with Crippen LogP contribution in [-0.4, -0.2) is 35.7 Å². The van der Waals surface area contributed by atoms with Crippen molar-refractivity contribution < 1.29 is 14.0 Å². The van der Waals surface area contributed by atoms with E-state index >= 15 is 0 Å². The lowest BCUT2D eigenvalue weighted by Gasteiger charge is -2.29. The smallest absolute Gasteiger partial charge is 0.309 e. The fraction of sp³-hybridized carbons (Fsp3) is 0.562. The normalized spacial score (nSPS) is 13.6. The number of rotatable bonds is 7. The summed E-state index contributed by atoms with van der Waals surface area (Å²) in [5, 5.41) is 0. The summed E-state index contributed by atoms with van der Waals surface area (Å²) in [6.45, 7) is 12.7. The Balaban J connectivity index is 2.92. The Labute approximate surface area is 136 Å². The molecule has 0 bridgehead atoms. The predicted octanol–water partition coefficient (Wildman–Crippen LogP) is 3.41. The van der Waals surface area contributed by atoms with Gasteiger partial charge in [-0.05, 0) is 43.8 Å². The van der Waals surface area contributed by atoms with E-state index in [0.29, 0.717) is 6.42 Å². The van der Waals surface area contributed by atoms with Gasteiger partial charge in [-0.1, -0.05) is 31.8 Å². The Morgan fingerprint density at radius 1 is 1.18 bits per heavy atom. The van der Waals surface area contributed by atoms with Gasteiger partial charge in [0.1, 0.15) is 20.0 Å². The molecule has 0 aliphatic rings. The molecule has 0 saturated carbocycles. The minimum absolute atomic E-state index is 0.135. The minimum atomic E-state index is -1.89. The van der Waals surface area contributed by atoms with Crippen molar-refractivity contribution in [3.8, 4) is 5.75 Å². The first-order valence-electron chi connectivity index (χ1n) is 7.64. The molecule has 0 heterocycles. The van der Waals surface area contributed by atoms with E-state index in [1.165, 1.54) is 0 Å². The van der Waals surface area contributed by atoms with E-state index in [4.69, 9.17) is 9.16 Å². The van der Waals surface area contributed by atoms with Crippen LogP contribution in [0.1, 0.15) is 5.56 Å². The summed E-state index contributed by atoms with van der Waals surface area (Å²) in [6, 6.07) is 7.55. The van der Waals surface area contributed by atoms with Gasteiger partial charge in [0.15, 0.2) is 0 Å². The third kappa shape index (κ3) is 7.24. The monoisotopic (exact) mass is 339 g/mol. The summed E-state index contributed by atoms with van der Waals surface area (Å²) in [7, 11) is -1.84. The van der Waals surface area contributed by atoms with E-state index in [2.05, 4.69) is 24.6 Å². The maximum Gasteiger partial charge on any atom is 0.309 e. The van der Waals surface area contributed by atoms with E-state index in [0.717, 1.165) is 11.3 Å². The van der Waals surface area contributed by atoms with Gasteiger partial charge in [-0.3, -0.25) is 4.79 Å². The first-order chi connectivity index (χ1) is 10.00. The first kappa shape index (κ1) is 18.9. The van der Waals surface area contributed by atoms with Gasteiger partial charge >= 0.3 is 5.97 Å². The third-order valence-corrected chi connectivity index (χ3v) is 4.90. The maximum absolute atomic E-state index is 12.5. The molecule has 1 aromatic rings. The number of ether oxygens (including phenoxy) is 1. The van der Waals surface area contributed by atoms with E-state index < -0.39 is 16.6 Å². The Kier molecular flexibility index (Phi) is 6.40. The zero-order chi connectivity index (χ0) is 17.0. The number of nitrogens with one attached hydrogen (secondary N) is 1. The van der Waals surface area contributed by atoms with Crippen LogP contribution in [0.5, 0.6) is 5.75 Å². The van der Waals surface area contributed by atoms with Crippen LogP contribution in [-0.2, 0) is 15.6 Å². The summed E-state index contributed by atoms with van der Waals surface area (Å²) in [5.74, 6) is 0.673. The van der Waals surface area contributed by atoms with Crippen LogP contribution < -0.4 is 9.72 Å². The number of hydrogen-bond acceptors (Lipinski definition) is 4. The SMILES string of the molecule is COc1cccc(CC(N[Si](C)(C)C)C(=O)O[Si](C)(C)C)c1. The van der Waals surface area contributed by atoms with Gasteiger partial charge in [-0.2, -0.15) is 0 Å². The molecule has 0 spiro atoms. The molecule has 0 aliphatic heterocycles. The molecule has 0 radical (unpaired) electrons. The van der Waals surface area contributed by atoms with E-state index in [-0.39, 0.29) is 12.0 Å².